The summed E-state index contributed by atoms with van der Waals surface area (Å²) in [4.78, 5) is 38.6. The van der Waals surface area contributed by atoms with Gasteiger partial charge in [0.2, 0.25) is 15.9 Å². The molecule has 1 atom stereocenters. The lowest BCUT2D eigenvalue weighted by molar-refractivity contribution is -0.147. The minimum absolute atomic E-state index is 0.0942. The molecule has 10 heteroatoms. The zero-order chi connectivity index (χ0) is 25.0. The van der Waals surface area contributed by atoms with Gasteiger partial charge in [0.1, 0.15) is 0 Å². The summed E-state index contributed by atoms with van der Waals surface area (Å²) < 4.78 is 32.7. The first-order valence-corrected chi connectivity index (χ1v) is 12.6. The first-order valence-electron chi connectivity index (χ1n) is 11.1. The molecule has 0 aromatic heterocycles. The third kappa shape index (κ3) is 5.67. The third-order valence-electron chi connectivity index (χ3n) is 5.64. The summed E-state index contributed by atoms with van der Waals surface area (Å²) in [5.41, 5.74) is 1.03. The average Bonchev–Trinajstić information content (AvgIpc) is 2.96. The maximum atomic E-state index is 12.9. The number of nitrogens with one attached hydrogen (secondary N) is 2. The fourth-order valence-electron chi connectivity index (χ4n) is 3.96. The van der Waals surface area contributed by atoms with Crippen molar-refractivity contribution in [1.82, 2.24) is 4.72 Å². The van der Waals surface area contributed by atoms with Crippen LogP contribution in [-0.2, 0) is 29.1 Å². The highest BCUT2D eigenvalue weighted by molar-refractivity contribution is 7.89. The van der Waals surface area contributed by atoms with Gasteiger partial charge in [-0.2, -0.15) is 0 Å². The molecule has 0 radical (unpaired) electrons. The van der Waals surface area contributed by atoms with Crippen LogP contribution in [0.1, 0.15) is 19.8 Å². The number of benzene rings is 3. The Morgan fingerprint density at radius 2 is 1.77 bits per heavy atom. The Balaban J connectivity index is 1.32. The number of sulfonamides is 1. The molecule has 1 unspecified atom stereocenters. The molecule has 3 aromatic carbocycles. The van der Waals surface area contributed by atoms with Gasteiger partial charge in [-0.1, -0.05) is 42.5 Å². The van der Waals surface area contributed by atoms with E-state index in [2.05, 4.69) is 10.0 Å². The Morgan fingerprint density at radius 3 is 2.57 bits per heavy atom. The predicted octanol–water partition coefficient (Wildman–Crippen LogP) is 2.82. The van der Waals surface area contributed by atoms with Crippen molar-refractivity contribution >= 4 is 50.0 Å². The Kier molecular flexibility index (Phi) is 7.13. The summed E-state index contributed by atoms with van der Waals surface area (Å²) in [7, 11) is -3.82. The molecule has 3 aromatic rings. The predicted molar refractivity (Wildman–Crippen MR) is 131 cm³/mol. The number of anilines is 2. The van der Waals surface area contributed by atoms with Crippen molar-refractivity contribution in [3.8, 4) is 0 Å². The highest BCUT2D eigenvalue weighted by Crippen LogP contribution is 2.31. The standard InChI is InChI=1S/C25H25N3O6S/c1-17-14-23(29)27-21-8-4-5-9-22(21)28(17)24(30)16-34-25(31)12-13-26-35(32,33)20-11-10-18-6-2-3-7-19(18)15-20/h2-11,15,17,26H,12-14,16H2,1H3,(H,27,29). The molecule has 4 rings (SSSR count). The van der Waals surface area contributed by atoms with Crippen LogP contribution < -0.4 is 14.9 Å². The minimum atomic E-state index is -3.82. The first kappa shape index (κ1) is 24.4. The monoisotopic (exact) mass is 495 g/mol. The van der Waals surface area contributed by atoms with Gasteiger partial charge in [0.25, 0.3) is 5.91 Å². The van der Waals surface area contributed by atoms with E-state index in [9.17, 15) is 22.8 Å². The van der Waals surface area contributed by atoms with Crippen LogP contribution in [0.15, 0.2) is 71.6 Å². The van der Waals surface area contributed by atoms with Crippen molar-refractivity contribution < 1.29 is 27.5 Å². The first-order chi connectivity index (χ1) is 16.7. The molecule has 182 valence electrons. The van der Waals surface area contributed by atoms with Crippen molar-refractivity contribution in [2.75, 3.05) is 23.4 Å². The molecular formula is C25H25N3O6S. The molecule has 1 heterocycles. The number of ether oxygens (including phenoxy) is 1. The summed E-state index contributed by atoms with van der Waals surface area (Å²) in [6.07, 6.45) is -0.142. The van der Waals surface area contributed by atoms with Crippen LogP contribution in [0.3, 0.4) is 0 Å². The van der Waals surface area contributed by atoms with E-state index >= 15 is 0 Å². The Hall–Kier alpha value is -3.76. The number of nitrogens with zero attached hydrogens (tertiary/aromatic N) is 1. The van der Waals surface area contributed by atoms with Gasteiger partial charge in [0.15, 0.2) is 6.61 Å². The molecule has 1 aliphatic rings. The van der Waals surface area contributed by atoms with Crippen LogP contribution in [0.2, 0.25) is 0 Å². The maximum absolute atomic E-state index is 12.9. The largest absolute Gasteiger partial charge is 0.456 e. The number of amides is 2. The van der Waals surface area contributed by atoms with Crippen molar-refractivity contribution in [2.24, 2.45) is 0 Å². The zero-order valence-corrected chi connectivity index (χ0v) is 19.9. The van der Waals surface area contributed by atoms with E-state index in [1.54, 1.807) is 43.3 Å². The number of carbonyl (C=O) groups excluding carboxylic acids is 3. The fourth-order valence-corrected chi connectivity index (χ4v) is 5.02. The number of esters is 1. The van der Waals surface area contributed by atoms with Gasteiger partial charge in [-0.3, -0.25) is 14.4 Å². The van der Waals surface area contributed by atoms with E-state index in [0.717, 1.165) is 10.8 Å². The number of para-hydroxylation sites is 2. The summed E-state index contributed by atoms with van der Waals surface area (Å²) in [5, 5.41) is 4.47. The number of fused-ring (bicyclic) bond motifs is 2. The molecule has 2 amide bonds. The van der Waals surface area contributed by atoms with Gasteiger partial charge in [0, 0.05) is 19.0 Å². The topological polar surface area (TPSA) is 122 Å². The number of rotatable bonds is 7. The van der Waals surface area contributed by atoms with Crippen LogP contribution in [-0.4, -0.2) is 45.4 Å². The molecule has 0 fully saturated rings. The fraction of sp³-hybridized carbons (Fsp3) is 0.240. The second-order valence-corrected chi connectivity index (χ2v) is 9.97. The molecule has 0 saturated carbocycles. The Labute approximate surface area is 203 Å². The SMILES string of the molecule is CC1CC(=O)Nc2ccccc2N1C(=O)COC(=O)CCNS(=O)(=O)c1ccc2ccccc2c1. The van der Waals surface area contributed by atoms with Gasteiger partial charge in [-0.05, 0) is 42.0 Å². The zero-order valence-electron chi connectivity index (χ0n) is 19.1. The summed E-state index contributed by atoms with van der Waals surface area (Å²) in [6, 6.07) is 18.6. The van der Waals surface area contributed by atoms with Crippen molar-refractivity contribution in [2.45, 2.75) is 30.7 Å². The lowest BCUT2D eigenvalue weighted by Crippen LogP contribution is -2.41. The van der Waals surface area contributed by atoms with E-state index < -0.39 is 34.5 Å². The van der Waals surface area contributed by atoms with Crippen molar-refractivity contribution in [1.29, 1.82) is 0 Å². The Bertz CT molecular complexity index is 1390. The molecule has 0 spiro atoms. The van der Waals surface area contributed by atoms with Gasteiger partial charge in [-0.25, -0.2) is 13.1 Å². The summed E-state index contributed by atoms with van der Waals surface area (Å²) >= 11 is 0. The lowest BCUT2D eigenvalue weighted by Gasteiger charge is -2.27. The van der Waals surface area contributed by atoms with Crippen molar-refractivity contribution in [3.05, 3.63) is 66.7 Å². The number of carbonyl (C=O) groups is 3. The quantitative estimate of drug-likeness (QED) is 0.486. The van der Waals surface area contributed by atoms with E-state index in [1.807, 2.05) is 24.3 Å². The van der Waals surface area contributed by atoms with Gasteiger partial charge >= 0.3 is 5.97 Å². The number of hydrogen-bond acceptors (Lipinski definition) is 6. The van der Waals surface area contributed by atoms with E-state index in [4.69, 9.17) is 4.74 Å². The summed E-state index contributed by atoms with van der Waals surface area (Å²) in [6.45, 7) is 1.04. The maximum Gasteiger partial charge on any atom is 0.307 e. The minimum Gasteiger partial charge on any atom is -0.456 e. The molecule has 0 aliphatic carbocycles. The van der Waals surface area contributed by atoms with Crippen LogP contribution in [0.5, 0.6) is 0 Å². The smallest absolute Gasteiger partial charge is 0.307 e. The van der Waals surface area contributed by atoms with E-state index in [0.29, 0.717) is 11.4 Å². The van der Waals surface area contributed by atoms with E-state index in [-0.39, 0.29) is 30.2 Å². The van der Waals surface area contributed by atoms with Crippen LogP contribution in [0, 0.1) is 0 Å². The van der Waals surface area contributed by atoms with Crippen LogP contribution >= 0.6 is 0 Å². The molecule has 1 aliphatic heterocycles. The van der Waals surface area contributed by atoms with Gasteiger partial charge in [-0.15, -0.1) is 0 Å². The average molecular weight is 496 g/mol. The van der Waals surface area contributed by atoms with Crippen LogP contribution in [0.4, 0.5) is 11.4 Å². The third-order valence-corrected chi connectivity index (χ3v) is 7.10. The molecule has 2 N–H and O–H groups in total. The molecular weight excluding hydrogens is 470 g/mol. The van der Waals surface area contributed by atoms with E-state index in [1.165, 1.54) is 11.0 Å². The van der Waals surface area contributed by atoms with Gasteiger partial charge < -0.3 is 15.0 Å². The second kappa shape index (κ2) is 10.2. The molecule has 35 heavy (non-hydrogen) atoms. The summed E-state index contributed by atoms with van der Waals surface area (Å²) in [5.74, 6) is -1.41. The molecule has 9 nitrogen and oxygen atoms in total. The molecule has 0 bridgehead atoms. The Morgan fingerprint density at radius 1 is 1.06 bits per heavy atom. The highest BCUT2D eigenvalue weighted by Gasteiger charge is 2.30. The van der Waals surface area contributed by atoms with Crippen LogP contribution in [0.25, 0.3) is 10.8 Å². The number of hydrogen-bond donors (Lipinski definition) is 2. The lowest BCUT2D eigenvalue weighted by atomic mass is 10.1. The van der Waals surface area contributed by atoms with Crippen molar-refractivity contribution in [3.63, 3.8) is 0 Å². The highest BCUT2D eigenvalue weighted by atomic mass is 32.2. The van der Waals surface area contributed by atoms with Gasteiger partial charge in [0.05, 0.1) is 22.7 Å². The normalized spacial score (nSPS) is 15.7. The second-order valence-electron chi connectivity index (χ2n) is 8.20. The molecule has 0 saturated heterocycles.